The maximum Gasteiger partial charge on any atom is 0.321 e. The Kier molecular flexibility index (Phi) is 3.67. The zero-order valence-electron chi connectivity index (χ0n) is 9.04. The highest BCUT2D eigenvalue weighted by Crippen LogP contribution is 2.31. The fourth-order valence-electron chi connectivity index (χ4n) is 1.81. The van der Waals surface area contributed by atoms with Crippen molar-refractivity contribution in [1.82, 2.24) is 5.32 Å². The molecule has 2 rings (SSSR count). The number of carboxylic acid groups (broad SMARTS) is 1. The van der Waals surface area contributed by atoms with Gasteiger partial charge in [0.1, 0.15) is 6.04 Å². The Morgan fingerprint density at radius 2 is 2.24 bits per heavy atom. The van der Waals surface area contributed by atoms with E-state index in [1.54, 1.807) is 0 Å². The van der Waals surface area contributed by atoms with E-state index in [2.05, 4.69) is 11.4 Å². The van der Waals surface area contributed by atoms with Gasteiger partial charge in [-0.15, -0.1) is 11.8 Å². The van der Waals surface area contributed by atoms with Crippen LogP contribution in [-0.2, 0) is 4.79 Å². The molecule has 3 atom stereocenters. The lowest BCUT2D eigenvalue weighted by molar-refractivity contribution is -0.138. The van der Waals surface area contributed by atoms with Crippen LogP contribution in [0.25, 0.3) is 0 Å². The van der Waals surface area contributed by atoms with Crippen LogP contribution in [0.2, 0.25) is 0 Å². The molecule has 88 valence electrons. The maximum absolute atomic E-state index is 10.8. The average Bonchev–Trinajstić information content (AvgIpc) is 2.81. The van der Waals surface area contributed by atoms with Crippen molar-refractivity contribution in [1.29, 1.82) is 5.26 Å². The summed E-state index contributed by atoms with van der Waals surface area (Å²) in [6, 6.07) is 11.1. The highest BCUT2D eigenvalue weighted by molar-refractivity contribution is 8.00. The van der Waals surface area contributed by atoms with Gasteiger partial charge in [-0.1, -0.05) is 30.3 Å². The predicted molar refractivity (Wildman–Crippen MR) is 65.6 cm³/mol. The van der Waals surface area contributed by atoms with Crippen molar-refractivity contribution in [3.63, 3.8) is 0 Å². The first-order chi connectivity index (χ1) is 8.22. The van der Waals surface area contributed by atoms with Gasteiger partial charge >= 0.3 is 5.97 Å². The van der Waals surface area contributed by atoms with E-state index in [0.717, 1.165) is 5.56 Å². The van der Waals surface area contributed by atoms with E-state index in [1.807, 2.05) is 30.3 Å². The zero-order chi connectivity index (χ0) is 12.3. The molecule has 0 radical (unpaired) electrons. The molecule has 0 amide bonds. The number of benzene rings is 1. The summed E-state index contributed by atoms with van der Waals surface area (Å²) < 4.78 is 0. The SMILES string of the molecule is N#C[C@H](c1ccccc1)[C@H]1N[C@H](C(=O)O)CS1. The van der Waals surface area contributed by atoms with Gasteiger partial charge in [0.05, 0.1) is 17.4 Å². The molecule has 17 heavy (non-hydrogen) atoms. The summed E-state index contributed by atoms with van der Waals surface area (Å²) in [6.45, 7) is 0. The Balaban J connectivity index is 2.12. The molecule has 5 heteroatoms. The molecule has 0 aromatic heterocycles. The largest absolute Gasteiger partial charge is 0.480 e. The second-order valence-electron chi connectivity index (χ2n) is 3.83. The summed E-state index contributed by atoms with van der Waals surface area (Å²) in [5, 5.41) is 20.9. The van der Waals surface area contributed by atoms with Crippen molar-refractivity contribution < 1.29 is 9.90 Å². The van der Waals surface area contributed by atoms with Crippen LogP contribution in [0.15, 0.2) is 30.3 Å². The molecule has 1 aromatic rings. The van der Waals surface area contributed by atoms with Crippen molar-refractivity contribution in [2.75, 3.05) is 5.75 Å². The highest BCUT2D eigenvalue weighted by atomic mass is 32.2. The lowest BCUT2D eigenvalue weighted by atomic mass is 10.0. The predicted octanol–water partition coefficient (Wildman–Crippen LogP) is 1.41. The van der Waals surface area contributed by atoms with Crippen LogP contribution in [0.3, 0.4) is 0 Å². The summed E-state index contributed by atoms with van der Waals surface area (Å²) in [6.07, 6.45) is 0. The van der Waals surface area contributed by atoms with E-state index < -0.39 is 12.0 Å². The fourth-order valence-corrected chi connectivity index (χ4v) is 3.12. The second-order valence-corrected chi connectivity index (χ2v) is 5.00. The molecule has 1 aliphatic rings. The molecule has 0 unspecified atom stereocenters. The third-order valence-electron chi connectivity index (χ3n) is 2.71. The molecule has 0 saturated carbocycles. The van der Waals surface area contributed by atoms with Gasteiger partial charge in [0.25, 0.3) is 0 Å². The van der Waals surface area contributed by atoms with Crippen LogP contribution in [-0.4, -0.2) is 28.2 Å². The number of hydrogen-bond donors (Lipinski definition) is 2. The van der Waals surface area contributed by atoms with Crippen molar-refractivity contribution in [2.45, 2.75) is 17.3 Å². The Bertz CT molecular complexity index is 444. The summed E-state index contributed by atoms with van der Waals surface area (Å²) in [7, 11) is 0. The van der Waals surface area contributed by atoms with Gasteiger partial charge in [-0.25, -0.2) is 0 Å². The van der Waals surface area contributed by atoms with E-state index >= 15 is 0 Å². The van der Waals surface area contributed by atoms with Crippen molar-refractivity contribution in [2.24, 2.45) is 0 Å². The molecule has 1 saturated heterocycles. The van der Waals surface area contributed by atoms with Crippen LogP contribution in [0.4, 0.5) is 0 Å². The van der Waals surface area contributed by atoms with Crippen LogP contribution in [0, 0.1) is 11.3 Å². The van der Waals surface area contributed by atoms with Crippen molar-refractivity contribution >= 4 is 17.7 Å². The molecule has 0 spiro atoms. The number of carboxylic acids is 1. The smallest absolute Gasteiger partial charge is 0.321 e. The minimum absolute atomic E-state index is 0.150. The number of nitrogens with one attached hydrogen (secondary N) is 1. The molecular formula is C12H12N2O2S. The number of rotatable bonds is 3. The van der Waals surface area contributed by atoms with Crippen LogP contribution < -0.4 is 5.32 Å². The Morgan fingerprint density at radius 3 is 2.76 bits per heavy atom. The maximum atomic E-state index is 10.8. The molecule has 1 aromatic carbocycles. The molecule has 1 heterocycles. The van der Waals surface area contributed by atoms with Crippen LogP contribution in [0.1, 0.15) is 11.5 Å². The Morgan fingerprint density at radius 1 is 1.53 bits per heavy atom. The van der Waals surface area contributed by atoms with Gasteiger partial charge in [0.15, 0.2) is 0 Å². The molecule has 0 bridgehead atoms. The van der Waals surface area contributed by atoms with Crippen LogP contribution in [0.5, 0.6) is 0 Å². The van der Waals surface area contributed by atoms with Gasteiger partial charge in [-0.3, -0.25) is 10.1 Å². The number of hydrogen-bond acceptors (Lipinski definition) is 4. The second kappa shape index (κ2) is 5.21. The van der Waals surface area contributed by atoms with Crippen LogP contribution >= 0.6 is 11.8 Å². The average molecular weight is 248 g/mol. The number of carbonyl (C=O) groups is 1. The zero-order valence-corrected chi connectivity index (χ0v) is 9.85. The third-order valence-corrected chi connectivity index (χ3v) is 4.00. The minimum Gasteiger partial charge on any atom is -0.480 e. The molecule has 0 aliphatic carbocycles. The normalized spacial score (nSPS) is 25.1. The molecule has 1 fully saturated rings. The first-order valence-corrected chi connectivity index (χ1v) is 6.32. The molecule has 1 aliphatic heterocycles. The van der Waals surface area contributed by atoms with E-state index in [0.29, 0.717) is 5.75 Å². The number of aliphatic carboxylic acids is 1. The van der Waals surface area contributed by atoms with E-state index in [9.17, 15) is 10.1 Å². The van der Waals surface area contributed by atoms with E-state index in [-0.39, 0.29) is 11.3 Å². The van der Waals surface area contributed by atoms with Gasteiger partial charge in [-0.2, -0.15) is 5.26 Å². The third kappa shape index (κ3) is 2.60. The summed E-state index contributed by atoms with van der Waals surface area (Å²) in [4.78, 5) is 10.8. The number of nitriles is 1. The van der Waals surface area contributed by atoms with Gasteiger partial charge in [0.2, 0.25) is 0 Å². The Labute approximate surface area is 104 Å². The topological polar surface area (TPSA) is 73.1 Å². The first-order valence-electron chi connectivity index (χ1n) is 5.27. The highest BCUT2D eigenvalue weighted by Gasteiger charge is 2.34. The number of nitrogens with zero attached hydrogens (tertiary/aromatic N) is 1. The van der Waals surface area contributed by atoms with Crippen molar-refractivity contribution in [3.05, 3.63) is 35.9 Å². The van der Waals surface area contributed by atoms with Gasteiger partial charge in [-0.05, 0) is 5.56 Å². The fraction of sp³-hybridized carbons (Fsp3) is 0.333. The summed E-state index contributed by atoms with van der Waals surface area (Å²) in [5.74, 6) is -0.666. The van der Waals surface area contributed by atoms with Crippen molar-refractivity contribution in [3.8, 4) is 6.07 Å². The lowest BCUT2D eigenvalue weighted by Crippen LogP contribution is -2.38. The monoisotopic (exact) mass is 248 g/mol. The summed E-state index contributed by atoms with van der Waals surface area (Å²) >= 11 is 1.49. The van der Waals surface area contributed by atoms with E-state index in [1.165, 1.54) is 11.8 Å². The Hall–Kier alpha value is -1.51. The molecular weight excluding hydrogens is 236 g/mol. The summed E-state index contributed by atoms with van der Waals surface area (Å²) in [5.41, 5.74) is 0.922. The first kappa shape index (κ1) is 12.0. The lowest BCUT2D eigenvalue weighted by Gasteiger charge is -2.17. The van der Waals surface area contributed by atoms with Gasteiger partial charge in [0, 0.05) is 5.75 Å². The van der Waals surface area contributed by atoms with E-state index in [4.69, 9.17) is 5.11 Å². The molecule has 4 nitrogen and oxygen atoms in total. The standard InChI is InChI=1S/C12H12N2O2S/c13-6-9(8-4-2-1-3-5-8)11-14-10(7-17-11)12(15)16/h1-5,9-11,14H,7H2,(H,15,16)/t9-,10+,11+/m1/s1. The molecule has 2 N–H and O–H groups in total. The number of thioether (sulfide) groups is 1. The quantitative estimate of drug-likeness (QED) is 0.846. The van der Waals surface area contributed by atoms with Gasteiger partial charge < -0.3 is 5.11 Å². The minimum atomic E-state index is -0.857.